The number of methoxy groups -OCH3 is 1. The molecule has 0 N–H and O–H groups in total. The Morgan fingerprint density at radius 1 is 1.27 bits per heavy atom. The number of ether oxygens (including phenoxy) is 2. The number of benzene rings is 2. The zero-order valence-corrected chi connectivity index (χ0v) is 14.0. The van der Waals surface area contributed by atoms with Gasteiger partial charge in [0.05, 0.1) is 10.7 Å². The van der Waals surface area contributed by atoms with E-state index in [1.807, 2.05) is 24.3 Å². The molecule has 0 atom stereocenters. The molecule has 0 aliphatic rings. The molecule has 0 aliphatic carbocycles. The van der Waals surface area contributed by atoms with Gasteiger partial charge in [0.15, 0.2) is 0 Å². The van der Waals surface area contributed by atoms with Gasteiger partial charge in [0.1, 0.15) is 18.2 Å². The highest BCUT2D eigenvalue weighted by Crippen LogP contribution is 2.24. The Labute approximate surface area is 141 Å². The van der Waals surface area contributed by atoms with Crippen molar-refractivity contribution >= 4 is 34.6 Å². The second kappa shape index (κ2) is 7.93. The summed E-state index contributed by atoms with van der Waals surface area (Å²) in [5.41, 5.74) is 1.64. The van der Waals surface area contributed by atoms with Crippen LogP contribution in [0, 0.1) is 9.39 Å². The van der Waals surface area contributed by atoms with Gasteiger partial charge in [0.25, 0.3) is 0 Å². The summed E-state index contributed by atoms with van der Waals surface area (Å²) in [6, 6.07) is 11.8. The van der Waals surface area contributed by atoms with Crippen LogP contribution in [0.25, 0.3) is 6.08 Å². The van der Waals surface area contributed by atoms with Crippen molar-refractivity contribution in [2.24, 2.45) is 0 Å². The normalized spacial score (nSPS) is 10.7. The van der Waals surface area contributed by atoms with Gasteiger partial charge in [0.2, 0.25) is 0 Å². The lowest BCUT2D eigenvalue weighted by molar-refractivity contribution is -0.134. The second-order valence-electron chi connectivity index (χ2n) is 4.46. The van der Waals surface area contributed by atoms with E-state index in [0.29, 0.717) is 12.4 Å². The van der Waals surface area contributed by atoms with Gasteiger partial charge in [-0.1, -0.05) is 18.2 Å². The Bertz CT molecular complexity index is 698. The van der Waals surface area contributed by atoms with Gasteiger partial charge in [-0.3, -0.25) is 0 Å². The molecule has 22 heavy (non-hydrogen) atoms. The number of hydrogen-bond acceptors (Lipinski definition) is 3. The van der Waals surface area contributed by atoms with E-state index in [4.69, 9.17) is 4.74 Å². The van der Waals surface area contributed by atoms with Crippen molar-refractivity contribution in [2.45, 2.75) is 6.61 Å². The maximum atomic E-state index is 13.1. The molecular formula is C17H14FIO3. The smallest absolute Gasteiger partial charge is 0.330 e. The lowest BCUT2D eigenvalue weighted by Crippen LogP contribution is -1.98. The third-order valence-corrected chi connectivity index (χ3v) is 3.70. The molecule has 0 aromatic heterocycles. The Morgan fingerprint density at radius 2 is 2.09 bits per heavy atom. The van der Waals surface area contributed by atoms with Gasteiger partial charge in [-0.05, 0) is 64.1 Å². The molecule has 0 saturated heterocycles. The van der Waals surface area contributed by atoms with Crippen molar-refractivity contribution < 1.29 is 18.7 Å². The molecule has 5 heteroatoms. The van der Waals surface area contributed by atoms with Crippen LogP contribution >= 0.6 is 22.6 Å². The van der Waals surface area contributed by atoms with E-state index in [9.17, 15) is 9.18 Å². The topological polar surface area (TPSA) is 35.5 Å². The van der Waals surface area contributed by atoms with Gasteiger partial charge in [-0.15, -0.1) is 0 Å². The largest absolute Gasteiger partial charge is 0.488 e. The molecular weight excluding hydrogens is 398 g/mol. The van der Waals surface area contributed by atoms with Gasteiger partial charge in [0, 0.05) is 6.08 Å². The second-order valence-corrected chi connectivity index (χ2v) is 5.63. The van der Waals surface area contributed by atoms with E-state index < -0.39 is 5.97 Å². The first-order valence-electron chi connectivity index (χ1n) is 6.51. The Balaban J connectivity index is 2.03. The molecule has 0 spiro atoms. The molecule has 0 unspecified atom stereocenters. The molecule has 0 saturated carbocycles. The summed E-state index contributed by atoms with van der Waals surface area (Å²) < 4.78 is 24.2. The summed E-state index contributed by atoms with van der Waals surface area (Å²) in [6.07, 6.45) is 3.03. The molecule has 3 nitrogen and oxygen atoms in total. The van der Waals surface area contributed by atoms with Gasteiger partial charge in [-0.25, -0.2) is 9.18 Å². The van der Waals surface area contributed by atoms with Crippen LogP contribution in [-0.2, 0) is 16.1 Å². The number of esters is 1. The van der Waals surface area contributed by atoms with E-state index in [-0.39, 0.29) is 5.82 Å². The van der Waals surface area contributed by atoms with Crippen LogP contribution in [0.2, 0.25) is 0 Å². The van der Waals surface area contributed by atoms with Crippen LogP contribution in [0.1, 0.15) is 11.1 Å². The molecule has 0 amide bonds. The average molecular weight is 412 g/mol. The van der Waals surface area contributed by atoms with E-state index in [1.165, 1.54) is 25.3 Å². The molecule has 0 radical (unpaired) electrons. The van der Waals surface area contributed by atoms with E-state index in [1.54, 1.807) is 12.1 Å². The summed E-state index contributed by atoms with van der Waals surface area (Å²) in [5, 5.41) is 0. The Kier molecular flexibility index (Phi) is 5.94. The number of rotatable bonds is 5. The monoisotopic (exact) mass is 412 g/mol. The molecule has 2 rings (SSSR count). The maximum absolute atomic E-state index is 13.1. The van der Waals surface area contributed by atoms with E-state index >= 15 is 0 Å². The van der Waals surface area contributed by atoms with E-state index in [2.05, 4.69) is 27.3 Å². The van der Waals surface area contributed by atoms with Crippen molar-refractivity contribution in [1.29, 1.82) is 0 Å². The van der Waals surface area contributed by atoms with Crippen LogP contribution in [0.5, 0.6) is 5.75 Å². The molecule has 0 fully saturated rings. The average Bonchev–Trinajstić information content (AvgIpc) is 2.51. The third kappa shape index (κ3) is 4.84. The first-order valence-corrected chi connectivity index (χ1v) is 7.59. The number of carbonyl (C=O) groups excluding carboxylic acids is 1. The Morgan fingerprint density at radius 3 is 2.77 bits per heavy atom. The number of halogens is 2. The minimum absolute atomic E-state index is 0.279. The number of hydrogen-bond donors (Lipinski definition) is 0. The zero-order valence-electron chi connectivity index (χ0n) is 11.9. The lowest BCUT2D eigenvalue weighted by Gasteiger charge is -2.09. The third-order valence-electron chi connectivity index (χ3n) is 2.85. The van der Waals surface area contributed by atoms with Gasteiger partial charge >= 0.3 is 5.97 Å². The summed E-state index contributed by atoms with van der Waals surface area (Å²) >= 11 is 2.15. The first-order chi connectivity index (χ1) is 10.6. The fraction of sp³-hybridized carbons (Fsp3) is 0.118. The van der Waals surface area contributed by atoms with Crippen molar-refractivity contribution in [3.63, 3.8) is 0 Å². The lowest BCUT2D eigenvalue weighted by atomic mass is 10.2. The summed E-state index contributed by atoms with van der Waals surface area (Å²) in [4.78, 5) is 11.1. The zero-order chi connectivity index (χ0) is 15.9. The highest BCUT2D eigenvalue weighted by molar-refractivity contribution is 14.1. The Hall–Kier alpha value is -1.89. The van der Waals surface area contributed by atoms with Gasteiger partial charge in [-0.2, -0.15) is 0 Å². The summed E-state index contributed by atoms with van der Waals surface area (Å²) in [6.45, 7) is 0.297. The van der Waals surface area contributed by atoms with Crippen LogP contribution in [-0.4, -0.2) is 13.1 Å². The van der Waals surface area contributed by atoms with Gasteiger partial charge < -0.3 is 9.47 Å². The highest BCUT2D eigenvalue weighted by Gasteiger charge is 2.03. The summed E-state index contributed by atoms with van der Waals surface area (Å²) in [5.74, 6) is 0.0283. The van der Waals surface area contributed by atoms with E-state index in [0.717, 1.165) is 14.7 Å². The first kappa shape index (κ1) is 16.5. The number of carbonyl (C=O) groups is 1. The minimum Gasteiger partial charge on any atom is -0.488 e. The van der Waals surface area contributed by atoms with Crippen LogP contribution in [0.3, 0.4) is 0 Å². The molecule has 0 bridgehead atoms. The SMILES string of the molecule is COC(=O)/C=C/c1ccc(OCc2cccc(F)c2)c(I)c1. The molecule has 114 valence electrons. The predicted octanol–water partition coefficient (Wildman–Crippen LogP) is 4.20. The highest BCUT2D eigenvalue weighted by atomic mass is 127. The van der Waals surface area contributed by atoms with Crippen molar-refractivity contribution in [1.82, 2.24) is 0 Å². The summed E-state index contributed by atoms with van der Waals surface area (Å²) in [7, 11) is 1.33. The van der Waals surface area contributed by atoms with Crippen LogP contribution in [0.4, 0.5) is 4.39 Å². The minimum atomic E-state index is -0.401. The van der Waals surface area contributed by atoms with Crippen LogP contribution < -0.4 is 4.74 Å². The molecule has 2 aromatic carbocycles. The molecule has 2 aromatic rings. The van der Waals surface area contributed by atoms with Crippen molar-refractivity contribution in [3.8, 4) is 5.75 Å². The maximum Gasteiger partial charge on any atom is 0.330 e. The predicted molar refractivity (Wildman–Crippen MR) is 90.9 cm³/mol. The van der Waals surface area contributed by atoms with Crippen LogP contribution in [0.15, 0.2) is 48.5 Å². The molecule has 0 heterocycles. The van der Waals surface area contributed by atoms with Crippen molar-refractivity contribution in [3.05, 3.63) is 69.1 Å². The fourth-order valence-corrected chi connectivity index (χ4v) is 2.45. The quantitative estimate of drug-likeness (QED) is 0.420. The van der Waals surface area contributed by atoms with Crippen molar-refractivity contribution in [2.75, 3.05) is 7.11 Å². The fourth-order valence-electron chi connectivity index (χ4n) is 1.76. The standard InChI is InChI=1S/C17H14FIO3/c1-21-17(20)8-6-12-5-7-16(15(19)10-12)22-11-13-3-2-4-14(18)9-13/h2-10H,11H2,1H3/b8-6+. The molecule has 0 aliphatic heterocycles.